The minimum Gasteiger partial charge on any atom is -0.310 e. The van der Waals surface area contributed by atoms with E-state index < -0.39 is 0 Å². The van der Waals surface area contributed by atoms with E-state index in [9.17, 15) is 4.39 Å². The SMILES string of the molecule is CCNC(Cc1ccccc1Cl)c1c(F)cccc1Br. The van der Waals surface area contributed by atoms with Crippen molar-refractivity contribution < 1.29 is 4.39 Å². The van der Waals surface area contributed by atoms with E-state index in [1.165, 1.54) is 6.07 Å². The second-order valence-corrected chi connectivity index (χ2v) is 5.80. The Hall–Kier alpha value is -0.900. The van der Waals surface area contributed by atoms with Crippen LogP contribution in [0.3, 0.4) is 0 Å². The van der Waals surface area contributed by atoms with Crippen molar-refractivity contribution in [3.63, 3.8) is 0 Å². The Labute approximate surface area is 132 Å². The molecule has 0 aliphatic carbocycles. The van der Waals surface area contributed by atoms with Gasteiger partial charge in [-0.2, -0.15) is 0 Å². The Kier molecular flexibility index (Phi) is 5.58. The third kappa shape index (κ3) is 3.60. The van der Waals surface area contributed by atoms with Gasteiger partial charge in [0.1, 0.15) is 5.82 Å². The predicted octanol–water partition coefficient (Wildman–Crippen LogP) is 5.13. The van der Waals surface area contributed by atoms with Gasteiger partial charge in [0.2, 0.25) is 0 Å². The molecular formula is C16H16BrClFN. The zero-order valence-corrected chi connectivity index (χ0v) is 13.5. The van der Waals surface area contributed by atoms with Crippen LogP contribution >= 0.6 is 27.5 Å². The van der Waals surface area contributed by atoms with Crippen molar-refractivity contribution >= 4 is 27.5 Å². The molecule has 0 aromatic heterocycles. The van der Waals surface area contributed by atoms with E-state index in [4.69, 9.17) is 11.6 Å². The molecule has 2 aromatic rings. The first kappa shape index (κ1) is 15.5. The lowest BCUT2D eigenvalue weighted by atomic mass is 9.98. The fourth-order valence-corrected chi connectivity index (χ4v) is 3.08. The van der Waals surface area contributed by atoms with E-state index in [2.05, 4.69) is 21.2 Å². The molecule has 2 rings (SSSR count). The number of likely N-dealkylation sites (N-methyl/N-ethyl adjacent to an activating group) is 1. The molecule has 4 heteroatoms. The molecular weight excluding hydrogens is 341 g/mol. The first-order valence-corrected chi connectivity index (χ1v) is 7.71. The highest BCUT2D eigenvalue weighted by atomic mass is 79.9. The van der Waals surface area contributed by atoms with Crippen molar-refractivity contribution in [2.24, 2.45) is 0 Å². The molecule has 0 saturated carbocycles. The number of hydrogen-bond acceptors (Lipinski definition) is 1. The Balaban J connectivity index is 2.35. The van der Waals surface area contributed by atoms with Gasteiger partial charge in [-0.05, 0) is 36.7 Å². The molecule has 20 heavy (non-hydrogen) atoms. The molecule has 0 aliphatic rings. The summed E-state index contributed by atoms with van der Waals surface area (Å²) in [6.07, 6.45) is 0.646. The minimum absolute atomic E-state index is 0.115. The van der Waals surface area contributed by atoms with Crippen molar-refractivity contribution in [2.45, 2.75) is 19.4 Å². The Morgan fingerprint density at radius 3 is 2.60 bits per heavy atom. The maximum absolute atomic E-state index is 14.1. The fourth-order valence-electron chi connectivity index (χ4n) is 2.25. The smallest absolute Gasteiger partial charge is 0.129 e. The van der Waals surface area contributed by atoms with Gasteiger partial charge in [0.05, 0.1) is 0 Å². The second kappa shape index (κ2) is 7.21. The van der Waals surface area contributed by atoms with Crippen LogP contribution in [0, 0.1) is 5.82 Å². The highest BCUT2D eigenvalue weighted by Crippen LogP contribution is 2.30. The number of halogens is 3. The zero-order valence-electron chi connectivity index (χ0n) is 11.2. The lowest BCUT2D eigenvalue weighted by Gasteiger charge is -2.21. The molecule has 0 saturated heterocycles. The number of benzene rings is 2. The predicted molar refractivity (Wildman–Crippen MR) is 85.7 cm³/mol. The van der Waals surface area contributed by atoms with Crippen LogP contribution in [-0.2, 0) is 6.42 Å². The summed E-state index contributed by atoms with van der Waals surface area (Å²) in [5.74, 6) is -0.211. The van der Waals surface area contributed by atoms with Crippen LogP contribution in [0.5, 0.6) is 0 Å². The van der Waals surface area contributed by atoms with Gasteiger partial charge in [0, 0.05) is 21.1 Å². The summed E-state index contributed by atoms with van der Waals surface area (Å²) in [5.41, 5.74) is 1.66. The first-order chi connectivity index (χ1) is 9.63. The molecule has 1 nitrogen and oxygen atoms in total. The largest absolute Gasteiger partial charge is 0.310 e. The molecule has 0 heterocycles. The standard InChI is InChI=1S/C16H16BrClFN/c1-2-20-15(10-11-6-3-4-8-13(11)18)16-12(17)7-5-9-14(16)19/h3-9,15,20H,2,10H2,1H3. The average Bonchev–Trinajstić information content (AvgIpc) is 2.41. The highest BCUT2D eigenvalue weighted by Gasteiger charge is 2.19. The number of hydrogen-bond donors (Lipinski definition) is 1. The van der Waals surface area contributed by atoms with E-state index in [0.29, 0.717) is 17.0 Å². The van der Waals surface area contributed by atoms with Crippen molar-refractivity contribution in [1.29, 1.82) is 0 Å². The van der Waals surface area contributed by atoms with Crippen LogP contribution in [0.25, 0.3) is 0 Å². The second-order valence-electron chi connectivity index (χ2n) is 4.54. The molecule has 0 fully saturated rings. The van der Waals surface area contributed by atoms with Crippen molar-refractivity contribution in [1.82, 2.24) is 5.32 Å². The molecule has 2 aromatic carbocycles. The van der Waals surface area contributed by atoms with Crippen LogP contribution < -0.4 is 5.32 Å². The summed E-state index contributed by atoms with van der Waals surface area (Å²) >= 11 is 9.64. The van der Waals surface area contributed by atoms with E-state index in [-0.39, 0.29) is 11.9 Å². The Morgan fingerprint density at radius 2 is 1.95 bits per heavy atom. The summed E-state index contributed by atoms with van der Waals surface area (Å²) in [7, 11) is 0. The average molecular weight is 357 g/mol. The van der Waals surface area contributed by atoms with Crippen LogP contribution in [0.4, 0.5) is 4.39 Å². The first-order valence-electron chi connectivity index (χ1n) is 6.54. The number of nitrogens with one attached hydrogen (secondary N) is 1. The monoisotopic (exact) mass is 355 g/mol. The van der Waals surface area contributed by atoms with Gasteiger partial charge < -0.3 is 5.32 Å². The molecule has 0 amide bonds. The Bertz CT molecular complexity index is 568. The quantitative estimate of drug-likeness (QED) is 0.782. The molecule has 106 valence electrons. The normalized spacial score (nSPS) is 12.4. The zero-order chi connectivity index (χ0) is 14.5. The third-order valence-electron chi connectivity index (χ3n) is 3.18. The van der Waals surface area contributed by atoms with Crippen LogP contribution in [0.1, 0.15) is 24.1 Å². The number of rotatable bonds is 5. The van der Waals surface area contributed by atoms with Gasteiger partial charge in [-0.1, -0.05) is 58.7 Å². The van der Waals surface area contributed by atoms with Gasteiger partial charge in [-0.15, -0.1) is 0 Å². The maximum Gasteiger partial charge on any atom is 0.129 e. The summed E-state index contributed by atoms with van der Waals surface area (Å²) in [6, 6.07) is 12.6. The van der Waals surface area contributed by atoms with Crippen molar-refractivity contribution in [3.8, 4) is 0 Å². The van der Waals surface area contributed by atoms with Crippen LogP contribution in [-0.4, -0.2) is 6.54 Å². The summed E-state index contributed by atoms with van der Waals surface area (Å²) in [4.78, 5) is 0. The summed E-state index contributed by atoms with van der Waals surface area (Å²) < 4.78 is 14.9. The molecule has 0 spiro atoms. The van der Waals surface area contributed by atoms with Gasteiger partial charge in [0.25, 0.3) is 0 Å². The lowest BCUT2D eigenvalue weighted by Crippen LogP contribution is -2.24. The van der Waals surface area contributed by atoms with Crippen LogP contribution in [0.15, 0.2) is 46.9 Å². The van der Waals surface area contributed by atoms with Crippen molar-refractivity contribution in [3.05, 3.63) is 68.9 Å². The van der Waals surface area contributed by atoms with E-state index in [1.54, 1.807) is 6.07 Å². The molecule has 1 N–H and O–H groups in total. The fraction of sp³-hybridized carbons (Fsp3) is 0.250. The lowest BCUT2D eigenvalue weighted by molar-refractivity contribution is 0.508. The Morgan fingerprint density at radius 1 is 1.20 bits per heavy atom. The topological polar surface area (TPSA) is 12.0 Å². The van der Waals surface area contributed by atoms with Gasteiger partial charge in [-0.3, -0.25) is 0 Å². The molecule has 1 unspecified atom stereocenters. The molecule has 0 radical (unpaired) electrons. The third-order valence-corrected chi connectivity index (χ3v) is 4.24. The van der Waals surface area contributed by atoms with Gasteiger partial charge in [0.15, 0.2) is 0 Å². The van der Waals surface area contributed by atoms with Gasteiger partial charge in [-0.25, -0.2) is 4.39 Å². The molecule has 0 bridgehead atoms. The van der Waals surface area contributed by atoms with Crippen LogP contribution in [0.2, 0.25) is 5.02 Å². The van der Waals surface area contributed by atoms with E-state index in [0.717, 1.165) is 16.6 Å². The molecule has 1 atom stereocenters. The maximum atomic E-state index is 14.1. The highest BCUT2D eigenvalue weighted by molar-refractivity contribution is 9.10. The molecule has 0 aliphatic heterocycles. The summed E-state index contributed by atoms with van der Waals surface area (Å²) in [6.45, 7) is 2.77. The van der Waals surface area contributed by atoms with E-state index in [1.807, 2.05) is 37.3 Å². The summed E-state index contributed by atoms with van der Waals surface area (Å²) in [5, 5.41) is 4.04. The van der Waals surface area contributed by atoms with Crippen molar-refractivity contribution in [2.75, 3.05) is 6.54 Å². The van der Waals surface area contributed by atoms with E-state index >= 15 is 0 Å². The minimum atomic E-state index is -0.211. The van der Waals surface area contributed by atoms with Gasteiger partial charge >= 0.3 is 0 Å².